The zero-order valence-corrected chi connectivity index (χ0v) is 24.5. The molecule has 1 aliphatic heterocycles. The minimum Gasteiger partial charge on any atom is -0.374 e. The molecule has 8 nitrogen and oxygen atoms in total. The number of benzene rings is 1. The van der Waals surface area contributed by atoms with Crippen molar-refractivity contribution in [2.24, 2.45) is 5.92 Å². The van der Waals surface area contributed by atoms with Gasteiger partial charge in [0.2, 0.25) is 15.9 Å². The summed E-state index contributed by atoms with van der Waals surface area (Å²) in [6.45, 7) is 8.83. The zero-order valence-electron chi connectivity index (χ0n) is 23.7. The van der Waals surface area contributed by atoms with Crippen molar-refractivity contribution in [2.75, 3.05) is 60.5 Å². The van der Waals surface area contributed by atoms with Crippen LogP contribution in [0.1, 0.15) is 55.2 Å². The molecule has 2 fully saturated rings. The predicted molar refractivity (Wildman–Crippen MR) is 146 cm³/mol. The van der Waals surface area contributed by atoms with Crippen molar-refractivity contribution < 1.29 is 22.7 Å². The molecule has 0 bridgehead atoms. The minimum atomic E-state index is -3.62. The number of ether oxygens (including phenoxy) is 2. The van der Waals surface area contributed by atoms with E-state index in [0.717, 1.165) is 61.9 Å². The summed E-state index contributed by atoms with van der Waals surface area (Å²) >= 11 is 0. The zero-order chi connectivity index (χ0) is 27.2. The number of carbonyl (C=O) groups is 1. The highest BCUT2D eigenvalue weighted by Crippen LogP contribution is 2.29. The first-order valence-electron chi connectivity index (χ1n) is 13.7. The summed E-state index contributed by atoms with van der Waals surface area (Å²) in [5, 5.41) is 0. The SMILES string of the molecule is Cc1cc(C)c(S(=O)(=O)N(C)CCOCC(=O)N(C)CC2CCC(OC3CCCN(C)C3)CC2)c(C)c1. The summed E-state index contributed by atoms with van der Waals surface area (Å²) in [4.78, 5) is 17.1. The molecule has 1 amide bonds. The van der Waals surface area contributed by atoms with Crippen molar-refractivity contribution >= 4 is 15.9 Å². The van der Waals surface area contributed by atoms with E-state index < -0.39 is 10.0 Å². The Bertz CT molecular complexity index is 984. The molecule has 3 rings (SSSR count). The van der Waals surface area contributed by atoms with Crippen molar-refractivity contribution in [1.82, 2.24) is 14.1 Å². The summed E-state index contributed by atoms with van der Waals surface area (Å²) in [7, 11) is 1.92. The predicted octanol–water partition coefficient (Wildman–Crippen LogP) is 3.38. The third-order valence-electron chi connectivity index (χ3n) is 7.77. The second-order valence-electron chi connectivity index (χ2n) is 11.2. The van der Waals surface area contributed by atoms with Crippen LogP contribution in [0.2, 0.25) is 0 Å². The van der Waals surface area contributed by atoms with Crippen molar-refractivity contribution in [3.8, 4) is 0 Å². The standard InChI is InChI=1S/C28H47N3O5S/c1-21-16-22(2)28(23(3)17-21)37(33,34)31(6)14-15-35-20-27(32)30(5)18-24-9-11-25(12-10-24)36-26-8-7-13-29(4)19-26/h16-17,24-26H,7-15,18-20H2,1-6H3. The lowest BCUT2D eigenvalue weighted by molar-refractivity contribution is -0.135. The molecule has 1 aliphatic carbocycles. The molecule has 1 saturated heterocycles. The Morgan fingerprint density at radius 2 is 1.68 bits per heavy atom. The fraction of sp³-hybridized carbons (Fsp3) is 0.750. The highest BCUT2D eigenvalue weighted by atomic mass is 32.2. The van der Waals surface area contributed by atoms with Crippen LogP contribution in [0.15, 0.2) is 17.0 Å². The molecule has 2 aliphatic rings. The highest BCUT2D eigenvalue weighted by Gasteiger charge is 2.28. The van der Waals surface area contributed by atoms with E-state index in [1.807, 2.05) is 40.0 Å². The minimum absolute atomic E-state index is 0.0410. The van der Waals surface area contributed by atoms with Gasteiger partial charge in [-0.25, -0.2) is 8.42 Å². The van der Waals surface area contributed by atoms with Gasteiger partial charge in [-0.1, -0.05) is 17.7 Å². The number of nitrogens with zero attached hydrogens (tertiary/aromatic N) is 3. The Balaban J connectivity index is 1.35. The van der Waals surface area contributed by atoms with Gasteiger partial charge in [0.25, 0.3) is 0 Å². The fourth-order valence-corrected chi connectivity index (χ4v) is 7.31. The first kappa shape index (κ1) is 30.0. The van der Waals surface area contributed by atoms with Crippen LogP contribution in [0.3, 0.4) is 0 Å². The summed E-state index contributed by atoms with van der Waals surface area (Å²) in [5.41, 5.74) is 2.52. The summed E-state index contributed by atoms with van der Waals surface area (Å²) in [5.74, 6) is 0.416. The number of likely N-dealkylation sites (N-methyl/N-ethyl adjacent to an activating group) is 3. The van der Waals surface area contributed by atoms with Gasteiger partial charge in [0.15, 0.2) is 0 Å². The van der Waals surface area contributed by atoms with E-state index in [2.05, 4.69) is 11.9 Å². The van der Waals surface area contributed by atoms with Gasteiger partial charge in [-0.2, -0.15) is 4.31 Å². The molecule has 0 spiro atoms. The number of carbonyl (C=O) groups excluding carboxylic acids is 1. The fourth-order valence-electron chi connectivity index (χ4n) is 5.75. The van der Waals surface area contributed by atoms with Crippen LogP contribution < -0.4 is 0 Å². The molecule has 210 valence electrons. The molecule has 37 heavy (non-hydrogen) atoms. The number of hydrogen-bond donors (Lipinski definition) is 0. The number of sulfonamides is 1. The summed E-state index contributed by atoms with van der Waals surface area (Å²) in [6, 6.07) is 3.77. The van der Waals surface area contributed by atoms with Gasteiger partial charge in [0.05, 0.1) is 23.7 Å². The second kappa shape index (κ2) is 13.5. The van der Waals surface area contributed by atoms with Gasteiger partial charge in [-0.15, -0.1) is 0 Å². The van der Waals surface area contributed by atoms with Crippen LogP contribution in [0.4, 0.5) is 0 Å². The molecular formula is C28H47N3O5S. The molecule has 1 aromatic rings. The number of hydrogen-bond acceptors (Lipinski definition) is 6. The monoisotopic (exact) mass is 537 g/mol. The second-order valence-corrected chi connectivity index (χ2v) is 13.2. The van der Waals surface area contributed by atoms with Gasteiger partial charge in [-0.3, -0.25) is 4.79 Å². The number of likely N-dealkylation sites (tertiary alicyclic amines) is 1. The van der Waals surface area contributed by atoms with E-state index >= 15 is 0 Å². The molecule has 0 radical (unpaired) electrons. The topological polar surface area (TPSA) is 79.4 Å². The molecule has 1 heterocycles. The van der Waals surface area contributed by atoms with Gasteiger partial charge in [0, 0.05) is 33.7 Å². The van der Waals surface area contributed by atoms with Crippen LogP contribution in [-0.2, 0) is 24.3 Å². The molecular weight excluding hydrogens is 490 g/mol. The maximum absolute atomic E-state index is 13.1. The van der Waals surface area contributed by atoms with Crippen LogP contribution in [0.5, 0.6) is 0 Å². The van der Waals surface area contributed by atoms with Crippen LogP contribution in [0.25, 0.3) is 0 Å². The number of rotatable bonds is 11. The molecule has 0 N–H and O–H groups in total. The van der Waals surface area contributed by atoms with E-state index in [-0.39, 0.29) is 25.7 Å². The molecule has 1 unspecified atom stereocenters. The first-order chi connectivity index (χ1) is 17.5. The van der Waals surface area contributed by atoms with Gasteiger partial charge >= 0.3 is 0 Å². The van der Waals surface area contributed by atoms with Gasteiger partial charge < -0.3 is 19.3 Å². The Kier molecular flexibility index (Phi) is 11.0. The number of amides is 1. The Morgan fingerprint density at radius 1 is 1.03 bits per heavy atom. The van der Waals surface area contributed by atoms with E-state index in [9.17, 15) is 13.2 Å². The van der Waals surface area contributed by atoms with Crippen LogP contribution in [-0.4, -0.2) is 101 Å². The Labute approximate surface area is 224 Å². The molecule has 1 aromatic carbocycles. The summed E-state index contributed by atoms with van der Waals surface area (Å²) < 4.78 is 39.4. The molecule has 0 aromatic heterocycles. The quantitative estimate of drug-likeness (QED) is 0.403. The lowest BCUT2D eigenvalue weighted by Gasteiger charge is -2.36. The van der Waals surface area contributed by atoms with Crippen LogP contribution >= 0.6 is 0 Å². The van der Waals surface area contributed by atoms with E-state index in [4.69, 9.17) is 9.47 Å². The van der Waals surface area contributed by atoms with Gasteiger partial charge in [-0.05, 0) is 89.9 Å². The maximum Gasteiger partial charge on any atom is 0.248 e. The largest absolute Gasteiger partial charge is 0.374 e. The number of aryl methyl sites for hydroxylation is 3. The summed E-state index contributed by atoms with van der Waals surface area (Å²) in [6.07, 6.45) is 7.35. The lowest BCUT2D eigenvalue weighted by Crippen LogP contribution is -2.40. The molecule has 1 saturated carbocycles. The van der Waals surface area contributed by atoms with Crippen molar-refractivity contribution in [2.45, 2.75) is 76.4 Å². The van der Waals surface area contributed by atoms with Crippen LogP contribution in [0, 0.1) is 26.7 Å². The Morgan fingerprint density at radius 3 is 2.30 bits per heavy atom. The average Bonchev–Trinajstić information content (AvgIpc) is 2.82. The molecule has 9 heteroatoms. The number of piperidine rings is 1. The molecule has 1 atom stereocenters. The Hall–Kier alpha value is -1.52. The van der Waals surface area contributed by atoms with E-state index in [0.29, 0.717) is 23.0 Å². The average molecular weight is 538 g/mol. The van der Waals surface area contributed by atoms with Crippen molar-refractivity contribution in [3.63, 3.8) is 0 Å². The third-order valence-corrected chi connectivity index (χ3v) is 9.93. The maximum atomic E-state index is 13.1. The smallest absolute Gasteiger partial charge is 0.248 e. The highest BCUT2D eigenvalue weighted by molar-refractivity contribution is 7.89. The van der Waals surface area contributed by atoms with E-state index in [1.165, 1.54) is 17.3 Å². The third kappa shape index (κ3) is 8.48. The van der Waals surface area contributed by atoms with E-state index in [1.54, 1.807) is 11.9 Å². The van der Waals surface area contributed by atoms with Crippen molar-refractivity contribution in [3.05, 3.63) is 28.8 Å². The van der Waals surface area contributed by atoms with Gasteiger partial charge in [0.1, 0.15) is 6.61 Å². The van der Waals surface area contributed by atoms with Crippen molar-refractivity contribution in [1.29, 1.82) is 0 Å². The first-order valence-corrected chi connectivity index (χ1v) is 15.1. The normalized spacial score (nSPS) is 23.4. The lowest BCUT2D eigenvalue weighted by atomic mass is 9.87.